The van der Waals surface area contributed by atoms with Crippen molar-refractivity contribution < 1.29 is 4.39 Å². The van der Waals surface area contributed by atoms with Gasteiger partial charge in [-0.05, 0) is 48.6 Å². The Morgan fingerprint density at radius 3 is 2.42 bits per heavy atom. The molecule has 0 aliphatic heterocycles. The fourth-order valence-corrected chi connectivity index (χ4v) is 2.14. The highest BCUT2D eigenvalue weighted by molar-refractivity contribution is 5.69. The third kappa shape index (κ3) is 3.14. The topological polar surface area (TPSA) is 26.0 Å². The number of unbranched alkanes of at least 4 members (excludes halogenated alkanes) is 1. The van der Waals surface area contributed by atoms with Gasteiger partial charge in [0, 0.05) is 11.3 Å². The summed E-state index contributed by atoms with van der Waals surface area (Å²) >= 11 is 0. The second-order valence-electron chi connectivity index (χ2n) is 4.99. The van der Waals surface area contributed by atoms with E-state index in [2.05, 4.69) is 19.1 Å². The summed E-state index contributed by atoms with van der Waals surface area (Å²) in [6.45, 7) is 3.99. The summed E-state index contributed by atoms with van der Waals surface area (Å²) in [5.74, 6) is -0.215. The molecule has 2 heteroatoms. The molecule has 0 aliphatic carbocycles. The summed E-state index contributed by atoms with van der Waals surface area (Å²) < 4.78 is 14.0. The standard InChI is InChI=1S/C17H20FN/c1-3-4-5-13-6-8-14(9-7-13)15-11-17(19)12(2)10-16(15)18/h6-11H,3-5,19H2,1-2H3. The van der Waals surface area contributed by atoms with E-state index >= 15 is 0 Å². The summed E-state index contributed by atoms with van der Waals surface area (Å²) in [5.41, 5.74) is 10.0. The molecule has 0 unspecified atom stereocenters. The molecular formula is C17H20FN. The van der Waals surface area contributed by atoms with E-state index in [-0.39, 0.29) is 5.82 Å². The van der Waals surface area contributed by atoms with Crippen LogP contribution in [0.4, 0.5) is 10.1 Å². The van der Waals surface area contributed by atoms with E-state index in [1.807, 2.05) is 19.1 Å². The first kappa shape index (κ1) is 13.6. The predicted octanol–water partition coefficient (Wildman–Crippen LogP) is 4.73. The summed E-state index contributed by atoms with van der Waals surface area (Å²) in [7, 11) is 0. The largest absolute Gasteiger partial charge is 0.398 e. The molecule has 0 radical (unpaired) electrons. The van der Waals surface area contributed by atoms with E-state index < -0.39 is 0 Å². The molecule has 0 bridgehead atoms. The van der Waals surface area contributed by atoms with Crippen molar-refractivity contribution in [3.63, 3.8) is 0 Å². The summed E-state index contributed by atoms with van der Waals surface area (Å²) in [5, 5.41) is 0. The lowest BCUT2D eigenvalue weighted by atomic mass is 9.99. The first-order chi connectivity index (χ1) is 9.11. The number of hydrogen-bond acceptors (Lipinski definition) is 1. The maximum atomic E-state index is 14.0. The molecule has 0 saturated heterocycles. The molecule has 0 saturated carbocycles. The van der Waals surface area contributed by atoms with Crippen molar-refractivity contribution in [2.75, 3.05) is 5.73 Å². The van der Waals surface area contributed by atoms with E-state index in [4.69, 9.17) is 5.73 Å². The summed E-state index contributed by atoms with van der Waals surface area (Å²) in [6, 6.07) is 11.3. The zero-order valence-electron chi connectivity index (χ0n) is 11.5. The van der Waals surface area contributed by atoms with Crippen molar-refractivity contribution in [2.24, 2.45) is 0 Å². The maximum Gasteiger partial charge on any atom is 0.131 e. The van der Waals surface area contributed by atoms with Gasteiger partial charge in [-0.2, -0.15) is 0 Å². The molecule has 1 nitrogen and oxygen atoms in total. The number of aryl methyl sites for hydroxylation is 2. The molecule has 0 fully saturated rings. The van der Waals surface area contributed by atoms with Crippen LogP contribution in [-0.2, 0) is 6.42 Å². The molecule has 0 spiro atoms. The lowest BCUT2D eigenvalue weighted by Gasteiger charge is -2.08. The fraction of sp³-hybridized carbons (Fsp3) is 0.294. The molecule has 0 aliphatic rings. The van der Waals surface area contributed by atoms with Crippen LogP contribution in [0.2, 0.25) is 0 Å². The minimum atomic E-state index is -0.215. The van der Waals surface area contributed by atoms with Crippen LogP contribution < -0.4 is 5.73 Å². The van der Waals surface area contributed by atoms with Gasteiger partial charge in [0.05, 0.1) is 0 Å². The van der Waals surface area contributed by atoms with Crippen LogP contribution in [0.3, 0.4) is 0 Å². The Morgan fingerprint density at radius 1 is 1.11 bits per heavy atom. The molecule has 100 valence electrons. The van der Waals surface area contributed by atoms with Crippen LogP contribution in [0.1, 0.15) is 30.9 Å². The van der Waals surface area contributed by atoms with Gasteiger partial charge in [0.15, 0.2) is 0 Å². The molecule has 2 rings (SSSR count). The Balaban J connectivity index is 2.29. The Bertz CT molecular complexity index is 558. The van der Waals surface area contributed by atoms with Crippen molar-refractivity contribution in [2.45, 2.75) is 33.1 Å². The Morgan fingerprint density at radius 2 is 1.79 bits per heavy atom. The van der Waals surface area contributed by atoms with E-state index in [0.29, 0.717) is 11.3 Å². The molecule has 2 aromatic carbocycles. The summed E-state index contributed by atoms with van der Waals surface area (Å²) in [4.78, 5) is 0. The smallest absolute Gasteiger partial charge is 0.131 e. The van der Waals surface area contributed by atoms with Crippen molar-refractivity contribution >= 4 is 5.69 Å². The van der Waals surface area contributed by atoms with E-state index in [9.17, 15) is 4.39 Å². The number of rotatable bonds is 4. The first-order valence-corrected chi connectivity index (χ1v) is 6.76. The lowest BCUT2D eigenvalue weighted by molar-refractivity contribution is 0.630. The van der Waals surface area contributed by atoms with Gasteiger partial charge >= 0.3 is 0 Å². The predicted molar refractivity (Wildman–Crippen MR) is 79.6 cm³/mol. The van der Waals surface area contributed by atoms with Crippen LogP contribution in [0.15, 0.2) is 36.4 Å². The van der Waals surface area contributed by atoms with Crippen LogP contribution in [0, 0.1) is 12.7 Å². The molecule has 0 aromatic heterocycles. The number of hydrogen-bond donors (Lipinski definition) is 1. The maximum absolute atomic E-state index is 14.0. The molecule has 0 heterocycles. The minimum Gasteiger partial charge on any atom is -0.398 e. The Kier molecular flexibility index (Phi) is 4.20. The van der Waals surface area contributed by atoms with Gasteiger partial charge in [-0.15, -0.1) is 0 Å². The molecule has 0 amide bonds. The number of anilines is 1. The van der Waals surface area contributed by atoms with Crippen LogP contribution in [-0.4, -0.2) is 0 Å². The highest BCUT2D eigenvalue weighted by Crippen LogP contribution is 2.27. The van der Waals surface area contributed by atoms with Crippen molar-refractivity contribution in [3.8, 4) is 11.1 Å². The Labute approximate surface area is 114 Å². The second-order valence-corrected chi connectivity index (χ2v) is 4.99. The number of nitrogens with two attached hydrogens (primary N) is 1. The SMILES string of the molecule is CCCCc1ccc(-c2cc(N)c(C)cc2F)cc1. The van der Waals surface area contributed by atoms with Crippen molar-refractivity contribution in [1.82, 2.24) is 0 Å². The Hall–Kier alpha value is -1.83. The third-order valence-corrected chi connectivity index (χ3v) is 3.44. The number of nitrogen functional groups attached to an aromatic ring is 1. The van der Waals surface area contributed by atoms with E-state index in [0.717, 1.165) is 17.5 Å². The first-order valence-electron chi connectivity index (χ1n) is 6.76. The summed E-state index contributed by atoms with van der Waals surface area (Å²) in [6.07, 6.45) is 3.45. The molecule has 19 heavy (non-hydrogen) atoms. The van der Waals surface area contributed by atoms with Gasteiger partial charge < -0.3 is 5.73 Å². The van der Waals surface area contributed by atoms with Crippen LogP contribution in [0.25, 0.3) is 11.1 Å². The van der Waals surface area contributed by atoms with E-state index in [1.165, 1.54) is 24.5 Å². The highest BCUT2D eigenvalue weighted by atomic mass is 19.1. The minimum absolute atomic E-state index is 0.215. The number of benzene rings is 2. The zero-order valence-corrected chi connectivity index (χ0v) is 11.5. The van der Waals surface area contributed by atoms with Gasteiger partial charge in [0.1, 0.15) is 5.82 Å². The molecular weight excluding hydrogens is 237 g/mol. The van der Waals surface area contributed by atoms with Crippen LogP contribution >= 0.6 is 0 Å². The quantitative estimate of drug-likeness (QED) is 0.787. The van der Waals surface area contributed by atoms with Gasteiger partial charge in [-0.25, -0.2) is 4.39 Å². The van der Waals surface area contributed by atoms with Crippen molar-refractivity contribution in [3.05, 3.63) is 53.3 Å². The molecule has 2 N–H and O–H groups in total. The average molecular weight is 257 g/mol. The average Bonchev–Trinajstić information content (AvgIpc) is 2.41. The van der Waals surface area contributed by atoms with Gasteiger partial charge in [0.25, 0.3) is 0 Å². The van der Waals surface area contributed by atoms with Crippen LogP contribution in [0.5, 0.6) is 0 Å². The number of halogens is 1. The monoisotopic (exact) mass is 257 g/mol. The highest BCUT2D eigenvalue weighted by Gasteiger charge is 2.07. The zero-order chi connectivity index (χ0) is 13.8. The van der Waals surface area contributed by atoms with Crippen molar-refractivity contribution in [1.29, 1.82) is 0 Å². The third-order valence-electron chi connectivity index (χ3n) is 3.44. The van der Waals surface area contributed by atoms with Gasteiger partial charge in [0.2, 0.25) is 0 Å². The van der Waals surface area contributed by atoms with Gasteiger partial charge in [-0.1, -0.05) is 37.6 Å². The fourth-order valence-electron chi connectivity index (χ4n) is 2.14. The molecule has 2 aromatic rings. The lowest BCUT2D eigenvalue weighted by Crippen LogP contribution is -1.94. The normalized spacial score (nSPS) is 10.7. The van der Waals surface area contributed by atoms with Gasteiger partial charge in [-0.3, -0.25) is 0 Å². The second kappa shape index (κ2) is 5.87. The van der Waals surface area contributed by atoms with E-state index in [1.54, 1.807) is 6.07 Å². The molecule has 0 atom stereocenters.